The minimum atomic E-state index is -0.523. The van der Waals surface area contributed by atoms with Crippen LogP contribution in [-0.4, -0.2) is 31.1 Å². The van der Waals surface area contributed by atoms with Crippen LogP contribution in [0.4, 0.5) is 0 Å². The molecule has 0 saturated heterocycles. The lowest BCUT2D eigenvalue weighted by Crippen LogP contribution is -2.04. The highest BCUT2D eigenvalue weighted by atomic mass is 32.2. The van der Waals surface area contributed by atoms with Crippen LogP contribution in [-0.2, 0) is 6.54 Å². The Bertz CT molecular complexity index is 500. The lowest BCUT2D eigenvalue weighted by atomic mass is 10.1. The Labute approximate surface area is 110 Å². The highest BCUT2D eigenvalue weighted by Crippen LogP contribution is 2.22. The van der Waals surface area contributed by atoms with Gasteiger partial charge in [0.15, 0.2) is 0 Å². The number of tetrazole rings is 1. The Balaban J connectivity index is 1.95. The molecule has 0 bridgehead atoms. The molecule has 5 nitrogen and oxygen atoms in total. The van der Waals surface area contributed by atoms with Crippen LogP contribution in [0.2, 0.25) is 0 Å². The van der Waals surface area contributed by atoms with Gasteiger partial charge >= 0.3 is 0 Å². The van der Waals surface area contributed by atoms with E-state index in [2.05, 4.69) is 22.1 Å². The number of nitrogens with zero attached hydrogens (tertiary/aromatic N) is 4. The average Bonchev–Trinajstić information content (AvgIpc) is 2.85. The Morgan fingerprint density at radius 3 is 2.89 bits per heavy atom. The number of aliphatic hydroxyl groups is 1. The zero-order valence-electron chi connectivity index (χ0n) is 9.81. The second-order valence-electron chi connectivity index (χ2n) is 3.67. The van der Waals surface area contributed by atoms with Crippen molar-refractivity contribution >= 4 is 11.8 Å². The summed E-state index contributed by atoms with van der Waals surface area (Å²) in [6.07, 6.45) is 1.21. The SMILES string of the molecule is C=CCn1nnnc1SCC(O)c1ccccc1. The predicted molar refractivity (Wildman–Crippen MR) is 70.1 cm³/mol. The van der Waals surface area contributed by atoms with Gasteiger partial charge in [0.1, 0.15) is 0 Å². The van der Waals surface area contributed by atoms with E-state index in [1.54, 1.807) is 10.8 Å². The first-order valence-electron chi connectivity index (χ1n) is 5.54. The van der Waals surface area contributed by atoms with Crippen LogP contribution in [0.1, 0.15) is 11.7 Å². The van der Waals surface area contributed by atoms with Crippen molar-refractivity contribution in [1.29, 1.82) is 0 Å². The second kappa shape index (κ2) is 6.32. The molecule has 0 saturated carbocycles. The molecule has 6 heteroatoms. The maximum absolute atomic E-state index is 10.0. The molecule has 18 heavy (non-hydrogen) atoms. The number of rotatable bonds is 6. The Kier molecular flexibility index (Phi) is 4.49. The van der Waals surface area contributed by atoms with Crippen molar-refractivity contribution in [3.8, 4) is 0 Å². The lowest BCUT2D eigenvalue weighted by molar-refractivity contribution is 0.204. The van der Waals surface area contributed by atoms with Crippen LogP contribution in [0.15, 0.2) is 48.1 Å². The van der Waals surface area contributed by atoms with Crippen molar-refractivity contribution in [1.82, 2.24) is 20.2 Å². The molecule has 1 atom stereocenters. The second-order valence-corrected chi connectivity index (χ2v) is 4.66. The van der Waals surface area contributed by atoms with Crippen molar-refractivity contribution in [2.24, 2.45) is 0 Å². The van der Waals surface area contributed by atoms with Gasteiger partial charge in [-0.2, -0.15) is 0 Å². The molecule has 0 spiro atoms. The molecule has 0 amide bonds. The minimum Gasteiger partial charge on any atom is -0.388 e. The molecule has 1 unspecified atom stereocenters. The van der Waals surface area contributed by atoms with Crippen LogP contribution in [0.5, 0.6) is 0 Å². The maximum atomic E-state index is 10.0. The van der Waals surface area contributed by atoms with Gasteiger partial charge in [0.05, 0.1) is 12.6 Å². The van der Waals surface area contributed by atoms with Gasteiger partial charge in [-0.3, -0.25) is 0 Å². The zero-order valence-corrected chi connectivity index (χ0v) is 10.6. The number of hydrogen-bond acceptors (Lipinski definition) is 5. The number of hydrogen-bond donors (Lipinski definition) is 1. The molecule has 0 aliphatic rings. The van der Waals surface area contributed by atoms with Crippen LogP contribution >= 0.6 is 11.8 Å². The quantitative estimate of drug-likeness (QED) is 0.634. The molecular formula is C12H14N4OS. The number of benzene rings is 1. The molecule has 0 aliphatic heterocycles. The van der Waals surface area contributed by atoms with E-state index >= 15 is 0 Å². The molecule has 2 rings (SSSR count). The van der Waals surface area contributed by atoms with E-state index in [0.717, 1.165) is 5.56 Å². The summed E-state index contributed by atoms with van der Waals surface area (Å²) in [5.74, 6) is 0.515. The first-order valence-corrected chi connectivity index (χ1v) is 6.52. The Hall–Kier alpha value is -1.66. The highest BCUT2D eigenvalue weighted by Gasteiger charge is 2.11. The third-order valence-corrected chi connectivity index (χ3v) is 3.39. The highest BCUT2D eigenvalue weighted by molar-refractivity contribution is 7.99. The van der Waals surface area contributed by atoms with E-state index in [1.807, 2.05) is 30.3 Å². The fourth-order valence-electron chi connectivity index (χ4n) is 1.46. The van der Waals surface area contributed by atoms with Crippen molar-refractivity contribution in [2.45, 2.75) is 17.8 Å². The number of allylic oxidation sites excluding steroid dienone is 1. The van der Waals surface area contributed by atoms with Crippen molar-refractivity contribution < 1.29 is 5.11 Å². The molecular weight excluding hydrogens is 248 g/mol. The van der Waals surface area contributed by atoms with Crippen molar-refractivity contribution in [3.05, 3.63) is 48.6 Å². The summed E-state index contributed by atoms with van der Waals surface area (Å²) in [5, 5.41) is 22.1. The molecule has 0 aliphatic carbocycles. The summed E-state index contributed by atoms with van der Waals surface area (Å²) in [6, 6.07) is 9.54. The van der Waals surface area contributed by atoms with Gasteiger partial charge in [0.2, 0.25) is 5.16 Å². The summed E-state index contributed by atoms with van der Waals surface area (Å²) >= 11 is 1.43. The third kappa shape index (κ3) is 3.18. The van der Waals surface area contributed by atoms with Crippen LogP contribution < -0.4 is 0 Å². The molecule has 0 radical (unpaired) electrons. The molecule has 1 heterocycles. The van der Waals surface area contributed by atoms with Gasteiger partial charge in [-0.05, 0) is 16.0 Å². The summed E-state index contributed by atoms with van der Waals surface area (Å²) in [6.45, 7) is 4.21. The van der Waals surface area contributed by atoms with Gasteiger partial charge in [-0.15, -0.1) is 11.7 Å². The van der Waals surface area contributed by atoms with Crippen molar-refractivity contribution in [2.75, 3.05) is 5.75 Å². The number of thioether (sulfide) groups is 1. The Morgan fingerprint density at radius 2 is 2.17 bits per heavy atom. The first-order chi connectivity index (χ1) is 8.81. The summed E-state index contributed by atoms with van der Waals surface area (Å²) < 4.78 is 1.65. The third-order valence-electron chi connectivity index (χ3n) is 2.36. The molecule has 1 aromatic heterocycles. The van der Waals surface area contributed by atoms with Crippen LogP contribution in [0, 0.1) is 0 Å². The zero-order chi connectivity index (χ0) is 12.8. The topological polar surface area (TPSA) is 63.8 Å². The van der Waals surface area contributed by atoms with E-state index in [0.29, 0.717) is 17.5 Å². The van der Waals surface area contributed by atoms with E-state index in [1.165, 1.54) is 11.8 Å². The van der Waals surface area contributed by atoms with Gasteiger partial charge in [0.25, 0.3) is 0 Å². The first kappa shape index (κ1) is 12.8. The monoisotopic (exact) mass is 262 g/mol. The lowest BCUT2D eigenvalue weighted by Gasteiger charge is -2.09. The smallest absolute Gasteiger partial charge is 0.209 e. The van der Waals surface area contributed by atoms with E-state index in [9.17, 15) is 5.11 Å². The van der Waals surface area contributed by atoms with Crippen LogP contribution in [0.3, 0.4) is 0 Å². The average molecular weight is 262 g/mol. The maximum Gasteiger partial charge on any atom is 0.209 e. The fourth-order valence-corrected chi connectivity index (χ4v) is 2.32. The van der Waals surface area contributed by atoms with Gasteiger partial charge in [0, 0.05) is 5.75 Å². The largest absolute Gasteiger partial charge is 0.388 e. The Morgan fingerprint density at radius 1 is 1.39 bits per heavy atom. The van der Waals surface area contributed by atoms with Crippen LogP contribution in [0.25, 0.3) is 0 Å². The molecule has 1 aromatic carbocycles. The molecule has 0 fully saturated rings. The normalized spacial score (nSPS) is 12.3. The van der Waals surface area contributed by atoms with Gasteiger partial charge in [-0.1, -0.05) is 48.2 Å². The minimum absolute atomic E-state index is 0.515. The van der Waals surface area contributed by atoms with E-state index < -0.39 is 6.10 Å². The van der Waals surface area contributed by atoms with Crippen molar-refractivity contribution in [3.63, 3.8) is 0 Å². The predicted octanol–water partition coefficient (Wildman–Crippen LogP) is 1.68. The summed E-state index contributed by atoms with van der Waals surface area (Å²) in [7, 11) is 0. The number of aromatic nitrogens is 4. The van der Waals surface area contributed by atoms with Gasteiger partial charge < -0.3 is 5.11 Å². The number of aliphatic hydroxyl groups excluding tert-OH is 1. The summed E-state index contributed by atoms with van der Waals surface area (Å²) in [5.41, 5.74) is 0.896. The van der Waals surface area contributed by atoms with E-state index in [-0.39, 0.29) is 0 Å². The standard InChI is InChI=1S/C12H14N4OS/c1-2-8-16-12(13-14-15-16)18-9-11(17)10-6-4-3-5-7-10/h2-7,11,17H,1,8-9H2. The molecule has 1 N–H and O–H groups in total. The molecule has 94 valence electrons. The summed E-state index contributed by atoms with van der Waals surface area (Å²) in [4.78, 5) is 0. The fraction of sp³-hybridized carbons (Fsp3) is 0.250. The van der Waals surface area contributed by atoms with Gasteiger partial charge in [-0.25, -0.2) is 4.68 Å². The van der Waals surface area contributed by atoms with E-state index in [4.69, 9.17) is 0 Å². The molecule has 2 aromatic rings.